The van der Waals surface area contributed by atoms with E-state index in [1.807, 2.05) is 23.9 Å². The fourth-order valence-electron chi connectivity index (χ4n) is 1.75. The Bertz CT molecular complexity index is 497. The van der Waals surface area contributed by atoms with E-state index in [0.29, 0.717) is 5.88 Å². The van der Waals surface area contributed by atoms with E-state index in [0.717, 1.165) is 17.9 Å². The van der Waals surface area contributed by atoms with Gasteiger partial charge in [0.25, 0.3) is 0 Å². The van der Waals surface area contributed by atoms with Crippen LogP contribution in [0, 0.1) is 6.92 Å². The van der Waals surface area contributed by atoms with Gasteiger partial charge >= 0.3 is 0 Å². The van der Waals surface area contributed by atoms with Crippen LogP contribution in [0.25, 0.3) is 0 Å². The first-order valence-corrected chi connectivity index (χ1v) is 5.80. The van der Waals surface area contributed by atoms with Crippen molar-refractivity contribution < 1.29 is 4.74 Å². The van der Waals surface area contributed by atoms with E-state index in [1.54, 1.807) is 13.3 Å². The van der Waals surface area contributed by atoms with Gasteiger partial charge in [-0.25, -0.2) is 9.97 Å². The summed E-state index contributed by atoms with van der Waals surface area (Å²) in [7, 11) is 1.60. The van der Waals surface area contributed by atoms with E-state index >= 15 is 0 Å². The first-order chi connectivity index (χ1) is 8.70. The molecule has 0 aliphatic carbocycles. The molecule has 1 atom stereocenters. The third-order valence-corrected chi connectivity index (χ3v) is 2.63. The molecule has 0 saturated carbocycles. The zero-order valence-electron chi connectivity index (χ0n) is 10.8. The molecule has 1 unspecified atom stereocenters. The number of hydrogen-bond acceptors (Lipinski definition) is 5. The number of rotatable bonds is 5. The summed E-state index contributed by atoms with van der Waals surface area (Å²) < 4.78 is 7.04. The minimum Gasteiger partial charge on any atom is -0.481 e. The molecule has 0 saturated heterocycles. The normalized spacial score (nSPS) is 12.2. The smallest absolute Gasteiger partial charge is 0.221 e. The molecule has 0 amide bonds. The molecule has 2 heterocycles. The SMILES string of the molecule is COc1ncnc(NC(C)Cn2cccn2)c1C. The first kappa shape index (κ1) is 12.3. The molecule has 0 spiro atoms. The van der Waals surface area contributed by atoms with Gasteiger partial charge in [0.1, 0.15) is 12.1 Å². The highest BCUT2D eigenvalue weighted by Crippen LogP contribution is 2.20. The van der Waals surface area contributed by atoms with Crippen molar-refractivity contribution in [3.8, 4) is 5.88 Å². The summed E-state index contributed by atoms with van der Waals surface area (Å²) in [6.45, 7) is 4.79. The molecule has 2 aromatic rings. The van der Waals surface area contributed by atoms with Crippen molar-refractivity contribution >= 4 is 5.82 Å². The summed E-state index contributed by atoms with van der Waals surface area (Å²) >= 11 is 0. The highest BCUT2D eigenvalue weighted by Gasteiger charge is 2.10. The molecule has 0 bridgehead atoms. The Morgan fingerprint density at radius 2 is 2.28 bits per heavy atom. The fraction of sp³-hybridized carbons (Fsp3) is 0.417. The van der Waals surface area contributed by atoms with E-state index in [9.17, 15) is 0 Å². The average molecular weight is 247 g/mol. The number of methoxy groups -OCH3 is 1. The van der Waals surface area contributed by atoms with E-state index in [2.05, 4.69) is 27.3 Å². The number of hydrogen-bond donors (Lipinski definition) is 1. The highest BCUT2D eigenvalue weighted by molar-refractivity contribution is 5.48. The Labute approximate surface area is 106 Å². The molecule has 0 aliphatic heterocycles. The Morgan fingerprint density at radius 3 is 2.94 bits per heavy atom. The monoisotopic (exact) mass is 247 g/mol. The third-order valence-electron chi connectivity index (χ3n) is 2.63. The second-order valence-corrected chi connectivity index (χ2v) is 4.13. The maximum Gasteiger partial charge on any atom is 0.221 e. The number of aromatic nitrogens is 4. The van der Waals surface area contributed by atoms with Crippen LogP contribution in [0.4, 0.5) is 5.82 Å². The number of anilines is 1. The van der Waals surface area contributed by atoms with E-state index in [4.69, 9.17) is 4.74 Å². The maximum absolute atomic E-state index is 5.16. The quantitative estimate of drug-likeness (QED) is 0.867. The van der Waals surface area contributed by atoms with E-state index in [-0.39, 0.29) is 6.04 Å². The highest BCUT2D eigenvalue weighted by atomic mass is 16.5. The van der Waals surface area contributed by atoms with E-state index in [1.165, 1.54) is 6.33 Å². The van der Waals surface area contributed by atoms with Crippen molar-refractivity contribution in [3.05, 3.63) is 30.4 Å². The molecule has 18 heavy (non-hydrogen) atoms. The van der Waals surface area contributed by atoms with Crippen LogP contribution in [0.5, 0.6) is 5.88 Å². The van der Waals surface area contributed by atoms with Crippen molar-refractivity contribution in [1.82, 2.24) is 19.7 Å². The zero-order valence-corrected chi connectivity index (χ0v) is 10.8. The third kappa shape index (κ3) is 2.77. The lowest BCUT2D eigenvalue weighted by molar-refractivity contribution is 0.393. The van der Waals surface area contributed by atoms with Crippen LogP contribution in [0.15, 0.2) is 24.8 Å². The van der Waals surface area contributed by atoms with Crippen molar-refractivity contribution in [1.29, 1.82) is 0 Å². The predicted molar refractivity (Wildman–Crippen MR) is 68.6 cm³/mol. The molecule has 6 heteroatoms. The van der Waals surface area contributed by atoms with Crippen LogP contribution >= 0.6 is 0 Å². The molecular weight excluding hydrogens is 230 g/mol. The molecule has 6 nitrogen and oxygen atoms in total. The zero-order chi connectivity index (χ0) is 13.0. The molecular formula is C12H17N5O. The van der Waals surface area contributed by atoms with Crippen molar-refractivity contribution in [2.75, 3.05) is 12.4 Å². The lowest BCUT2D eigenvalue weighted by Gasteiger charge is -2.16. The minimum absolute atomic E-state index is 0.211. The van der Waals surface area contributed by atoms with Crippen molar-refractivity contribution in [3.63, 3.8) is 0 Å². The van der Waals surface area contributed by atoms with Gasteiger partial charge in [0.15, 0.2) is 0 Å². The summed E-state index contributed by atoms with van der Waals surface area (Å²) in [6, 6.07) is 2.12. The average Bonchev–Trinajstić information content (AvgIpc) is 2.84. The molecule has 0 fully saturated rings. The topological polar surface area (TPSA) is 64.9 Å². The minimum atomic E-state index is 0.211. The largest absolute Gasteiger partial charge is 0.481 e. The predicted octanol–water partition coefficient (Wildman–Crippen LogP) is 1.49. The fourth-order valence-corrected chi connectivity index (χ4v) is 1.75. The number of nitrogens with zero attached hydrogens (tertiary/aromatic N) is 4. The van der Waals surface area contributed by atoms with Gasteiger partial charge in [-0.3, -0.25) is 4.68 Å². The van der Waals surface area contributed by atoms with Crippen LogP contribution in [0.2, 0.25) is 0 Å². The summed E-state index contributed by atoms with van der Waals surface area (Å²) in [5.41, 5.74) is 0.910. The van der Waals surface area contributed by atoms with Crippen LogP contribution in [-0.4, -0.2) is 32.9 Å². The standard InChI is InChI=1S/C12H17N5O/c1-9(7-17-6-4-5-15-17)16-11-10(2)12(18-3)14-8-13-11/h4-6,8-9H,7H2,1-3H3,(H,13,14,16). The summed E-state index contributed by atoms with van der Waals surface area (Å²) in [5, 5.41) is 7.50. The molecule has 0 aromatic carbocycles. The molecule has 2 aromatic heterocycles. The van der Waals surface area contributed by atoms with Crippen LogP contribution < -0.4 is 10.1 Å². The van der Waals surface area contributed by atoms with Gasteiger partial charge in [-0.15, -0.1) is 0 Å². The molecule has 0 radical (unpaired) electrons. The molecule has 96 valence electrons. The Kier molecular flexibility index (Phi) is 3.76. The van der Waals surface area contributed by atoms with Gasteiger partial charge in [-0.1, -0.05) is 0 Å². The van der Waals surface area contributed by atoms with Gasteiger partial charge in [0.2, 0.25) is 5.88 Å². The second kappa shape index (κ2) is 5.48. The second-order valence-electron chi connectivity index (χ2n) is 4.13. The van der Waals surface area contributed by atoms with E-state index < -0.39 is 0 Å². The molecule has 0 aliphatic rings. The number of ether oxygens (including phenoxy) is 1. The lowest BCUT2D eigenvalue weighted by Crippen LogP contribution is -2.23. The Balaban J connectivity index is 2.05. The van der Waals surface area contributed by atoms with Crippen molar-refractivity contribution in [2.24, 2.45) is 0 Å². The molecule has 1 N–H and O–H groups in total. The van der Waals surface area contributed by atoms with Crippen molar-refractivity contribution in [2.45, 2.75) is 26.4 Å². The Morgan fingerprint density at radius 1 is 1.44 bits per heavy atom. The van der Waals surface area contributed by atoms with Crippen LogP contribution in [0.1, 0.15) is 12.5 Å². The van der Waals surface area contributed by atoms with Gasteiger partial charge in [0.05, 0.1) is 19.2 Å². The summed E-state index contributed by atoms with van der Waals surface area (Å²) in [5.74, 6) is 1.39. The van der Waals surface area contributed by atoms with Gasteiger partial charge in [-0.05, 0) is 19.9 Å². The molecule has 2 rings (SSSR count). The van der Waals surface area contributed by atoms with Crippen LogP contribution in [-0.2, 0) is 6.54 Å². The maximum atomic E-state index is 5.16. The first-order valence-electron chi connectivity index (χ1n) is 5.80. The van der Waals surface area contributed by atoms with Crippen LogP contribution in [0.3, 0.4) is 0 Å². The van der Waals surface area contributed by atoms with Gasteiger partial charge in [-0.2, -0.15) is 5.10 Å². The van der Waals surface area contributed by atoms with Gasteiger partial charge < -0.3 is 10.1 Å². The Hall–Kier alpha value is -2.11. The summed E-state index contributed by atoms with van der Waals surface area (Å²) in [4.78, 5) is 8.27. The summed E-state index contributed by atoms with van der Waals surface area (Å²) in [6.07, 6.45) is 5.20. The lowest BCUT2D eigenvalue weighted by atomic mass is 10.3. The number of nitrogens with one attached hydrogen (secondary N) is 1. The van der Waals surface area contributed by atoms with Gasteiger partial charge in [0, 0.05) is 18.4 Å².